The molecule has 1 saturated heterocycles. The highest BCUT2D eigenvalue weighted by molar-refractivity contribution is 5.95. The molecular formula is C27H44N4O4. The molecule has 8 heteroatoms. The maximum absolute atomic E-state index is 13.4. The van der Waals surface area contributed by atoms with Gasteiger partial charge in [0.2, 0.25) is 11.8 Å². The molecule has 2 rings (SSSR count). The van der Waals surface area contributed by atoms with Gasteiger partial charge in [-0.05, 0) is 31.4 Å². The average Bonchev–Trinajstić information content (AvgIpc) is 2.86. The van der Waals surface area contributed by atoms with E-state index in [2.05, 4.69) is 12.2 Å². The van der Waals surface area contributed by atoms with Crippen molar-refractivity contribution in [1.82, 2.24) is 15.3 Å². The number of nitrogens with two attached hydrogens (primary N) is 1. The zero-order chi connectivity index (χ0) is 25.5. The zero-order valence-corrected chi connectivity index (χ0v) is 21.3. The Kier molecular flexibility index (Phi) is 13.4. The third-order valence-electron chi connectivity index (χ3n) is 6.65. The number of nitrogens with zero attached hydrogens (tertiary/aromatic N) is 2. The fourth-order valence-electron chi connectivity index (χ4n) is 4.57. The number of amides is 3. The van der Waals surface area contributed by atoms with Gasteiger partial charge in [-0.15, -0.1) is 0 Å². The predicted octanol–water partition coefficient (Wildman–Crippen LogP) is 3.41. The minimum Gasteiger partial charge on any atom is -0.356 e. The molecule has 35 heavy (non-hydrogen) atoms. The van der Waals surface area contributed by atoms with Crippen LogP contribution in [0.1, 0.15) is 83.1 Å². The highest BCUT2D eigenvalue weighted by atomic mass is 16.5. The second kappa shape index (κ2) is 16.3. The summed E-state index contributed by atoms with van der Waals surface area (Å²) >= 11 is 0. The van der Waals surface area contributed by atoms with Gasteiger partial charge in [0, 0.05) is 25.4 Å². The third-order valence-corrected chi connectivity index (χ3v) is 6.65. The normalized spacial score (nSPS) is 17.1. The van der Waals surface area contributed by atoms with E-state index in [1.807, 2.05) is 30.3 Å². The van der Waals surface area contributed by atoms with E-state index in [1.54, 1.807) is 0 Å². The number of nitrogens with one attached hydrogen (secondary N) is 1. The number of unbranched alkanes of at least 4 members (excludes halogenated alkanes) is 7. The molecule has 3 amide bonds. The van der Waals surface area contributed by atoms with Gasteiger partial charge in [0.15, 0.2) is 0 Å². The van der Waals surface area contributed by atoms with Gasteiger partial charge in [-0.1, -0.05) is 82.2 Å². The first-order valence-electron chi connectivity index (χ1n) is 13.3. The molecule has 0 unspecified atom stereocenters. The van der Waals surface area contributed by atoms with Crippen LogP contribution in [-0.4, -0.2) is 64.6 Å². The second-order valence-electron chi connectivity index (χ2n) is 9.52. The molecule has 1 aliphatic heterocycles. The molecule has 0 aromatic heterocycles. The molecule has 1 aromatic rings. The van der Waals surface area contributed by atoms with Gasteiger partial charge in [0.1, 0.15) is 12.6 Å². The Labute approximate surface area is 210 Å². The Morgan fingerprint density at radius 1 is 1.06 bits per heavy atom. The first-order chi connectivity index (χ1) is 17.0. The van der Waals surface area contributed by atoms with Crippen LogP contribution in [0.5, 0.6) is 0 Å². The fraction of sp³-hybridized carbons (Fsp3) is 0.667. The van der Waals surface area contributed by atoms with Crippen LogP contribution < -0.4 is 11.1 Å². The molecule has 0 aliphatic carbocycles. The summed E-state index contributed by atoms with van der Waals surface area (Å²) in [4.78, 5) is 40.3. The largest absolute Gasteiger partial charge is 0.356 e. The Morgan fingerprint density at radius 2 is 1.74 bits per heavy atom. The van der Waals surface area contributed by atoms with Gasteiger partial charge in [0.25, 0.3) is 5.91 Å². The molecule has 1 heterocycles. The van der Waals surface area contributed by atoms with Crippen molar-refractivity contribution in [1.29, 1.82) is 0 Å². The number of carbonyl (C=O) groups excluding carboxylic acids is 3. The van der Waals surface area contributed by atoms with Crippen LogP contribution in [0.3, 0.4) is 0 Å². The number of hydroxylamine groups is 2. The first-order valence-corrected chi connectivity index (χ1v) is 13.3. The average molecular weight is 489 g/mol. The van der Waals surface area contributed by atoms with E-state index in [-0.39, 0.29) is 37.2 Å². The Balaban J connectivity index is 2.05. The summed E-state index contributed by atoms with van der Waals surface area (Å²) in [5.41, 5.74) is 6.39. The molecule has 4 N–H and O–H groups in total. The smallest absolute Gasteiger partial charge is 0.266 e. The molecule has 1 aliphatic rings. The minimum absolute atomic E-state index is 0.124. The van der Waals surface area contributed by atoms with E-state index in [1.165, 1.54) is 30.6 Å². The summed E-state index contributed by atoms with van der Waals surface area (Å²) in [7, 11) is 0. The van der Waals surface area contributed by atoms with E-state index in [4.69, 9.17) is 5.73 Å². The van der Waals surface area contributed by atoms with E-state index in [9.17, 15) is 19.6 Å². The topological polar surface area (TPSA) is 116 Å². The van der Waals surface area contributed by atoms with Crippen LogP contribution in [0.15, 0.2) is 30.3 Å². The van der Waals surface area contributed by atoms with Crippen molar-refractivity contribution in [3.8, 4) is 0 Å². The van der Waals surface area contributed by atoms with Gasteiger partial charge < -0.3 is 16.0 Å². The molecule has 2 atom stereocenters. The second-order valence-corrected chi connectivity index (χ2v) is 9.52. The van der Waals surface area contributed by atoms with Crippen LogP contribution >= 0.6 is 0 Å². The van der Waals surface area contributed by atoms with Crippen molar-refractivity contribution in [2.75, 3.05) is 19.6 Å². The number of hydrogen-bond acceptors (Lipinski definition) is 5. The Bertz CT molecular complexity index is 774. The predicted molar refractivity (Wildman–Crippen MR) is 137 cm³/mol. The highest BCUT2D eigenvalue weighted by Gasteiger charge is 2.42. The SMILES string of the molecule is CCCCCCCCC[C@@H](CC(=O)NCCCCN)N1CC(=O)N(O)[C@H](Cc2ccccc2)C1=O. The standard InChI is InChI=1S/C27H44N4O4/c1-2-3-4-5-6-7-11-16-23(20-25(32)29-18-13-12-17-28)30-21-26(33)31(35)24(27(30)34)19-22-14-9-8-10-15-22/h8-10,14-15,23-24,35H,2-7,11-13,16-21,28H2,1H3,(H,29,32)/t23-,24+/m0/s1. The molecule has 0 bridgehead atoms. The summed E-state index contributed by atoms with van der Waals surface area (Å²) in [6, 6.07) is 7.99. The van der Waals surface area contributed by atoms with Crippen LogP contribution in [0, 0.1) is 0 Å². The molecule has 1 fully saturated rings. The summed E-state index contributed by atoms with van der Waals surface area (Å²) in [6.45, 7) is 3.12. The quantitative estimate of drug-likeness (QED) is 0.230. The lowest BCUT2D eigenvalue weighted by molar-refractivity contribution is -0.195. The van der Waals surface area contributed by atoms with E-state index in [0.717, 1.165) is 37.7 Å². The minimum atomic E-state index is -0.984. The summed E-state index contributed by atoms with van der Waals surface area (Å²) in [5.74, 6) is -0.945. The number of rotatable bonds is 17. The van der Waals surface area contributed by atoms with Gasteiger partial charge >= 0.3 is 0 Å². The van der Waals surface area contributed by atoms with Crippen LogP contribution in [0.4, 0.5) is 0 Å². The van der Waals surface area contributed by atoms with Crippen LogP contribution in [0.2, 0.25) is 0 Å². The monoisotopic (exact) mass is 488 g/mol. The zero-order valence-electron chi connectivity index (χ0n) is 21.3. The van der Waals surface area contributed by atoms with Crippen molar-refractivity contribution < 1.29 is 19.6 Å². The van der Waals surface area contributed by atoms with Crippen molar-refractivity contribution in [3.05, 3.63) is 35.9 Å². The maximum Gasteiger partial charge on any atom is 0.266 e. The molecular weight excluding hydrogens is 444 g/mol. The maximum atomic E-state index is 13.4. The van der Waals surface area contributed by atoms with Crippen molar-refractivity contribution in [2.45, 2.75) is 96.1 Å². The lowest BCUT2D eigenvalue weighted by atomic mass is 9.97. The van der Waals surface area contributed by atoms with E-state index in [0.29, 0.717) is 24.6 Å². The number of benzene rings is 1. The van der Waals surface area contributed by atoms with Crippen molar-refractivity contribution in [3.63, 3.8) is 0 Å². The lowest BCUT2D eigenvalue weighted by Gasteiger charge is -2.40. The third kappa shape index (κ3) is 9.98. The molecule has 8 nitrogen and oxygen atoms in total. The molecule has 196 valence electrons. The van der Waals surface area contributed by atoms with Crippen molar-refractivity contribution in [2.24, 2.45) is 5.73 Å². The Hall–Kier alpha value is -2.45. The van der Waals surface area contributed by atoms with Gasteiger partial charge in [-0.25, -0.2) is 5.06 Å². The molecule has 0 saturated carbocycles. The molecule has 0 spiro atoms. The van der Waals surface area contributed by atoms with Crippen LogP contribution in [0.25, 0.3) is 0 Å². The van der Waals surface area contributed by atoms with Gasteiger partial charge in [-0.3, -0.25) is 19.6 Å². The lowest BCUT2D eigenvalue weighted by Crippen LogP contribution is -2.62. The summed E-state index contributed by atoms with van der Waals surface area (Å²) in [6.07, 6.45) is 10.6. The van der Waals surface area contributed by atoms with Gasteiger partial charge in [-0.2, -0.15) is 0 Å². The molecule has 0 radical (unpaired) electrons. The van der Waals surface area contributed by atoms with Crippen LogP contribution in [-0.2, 0) is 20.8 Å². The Morgan fingerprint density at radius 3 is 2.43 bits per heavy atom. The summed E-state index contributed by atoms with van der Waals surface area (Å²) < 4.78 is 0. The number of piperazine rings is 1. The van der Waals surface area contributed by atoms with E-state index >= 15 is 0 Å². The van der Waals surface area contributed by atoms with Gasteiger partial charge in [0.05, 0.1) is 0 Å². The highest BCUT2D eigenvalue weighted by Crippen LogP contribution is 2.22. The van der Waals surface area contributed by atoms with Crippen molar-refractivity contribution >= 4 is 17.7 Å². The number of hydrogen-bond donors (Lipinski definition) is 3. The first kappa shape index (κ1) is 28.8. The number of carbonyl (C=O) groups is 3. The molecule has 1 aromatic carbocycles. The summed E-state index contributed by atoms with van der Waals surface area (Å²) in [5, 5.41) is 13.9. The fourth-order valence-corrected chi connectivity index (χ4v) is 4.57. The van der Waals surface area contributed by atoms with E-state index < -0.39 is 11.9 Å².